The zero-order valence-electron chi connectivity index (χ0n) is 11.6. The largest absolute Gasteiger partial charge is 0.363 e. The predicted molar refractivity (Wildman–Crippen MR) is 90.7 cm³/mol. The average molecular weight is 424 g/mol. The van der Waals surface area contributed by atoms with Crippen LogP contribution in [0.25, 0.3) is 10.6 Å². The van der Waals surface area contributed by atoms with Gasteiger partial charge in [0.1, 0.15) is 6.20 Å². The molecule has 4 rings (SSSR count). The van der Waals surface area contributed by atoms with Crippen molar-refractivity contribution in [2.75, 3.05) is 0 Å². The molecule has 0 fully saturated rings. The third-order valence-corrected chi connectivity index (χ3v) is 5.27. The van der Waals surface area contributed by atoms with Gasteiger partial charge in [-0.1, -0.05) is 27.3 Å². The molecule has 0 amide bonds. The lowest BCUT2D eigenvalue weighted by molar-refractivity contribution is -0.393. The molecular formula is C12H6BrN7O2S2. The summed E-state index contributed by atoms with van der Waals surface area (Å²) in [6.45, 7) is 0. The minimum atomic E-state index is -0.456. The van der Waals surface area contributed by atoms with Crippen molar-refractivity contribution in [3.63, 3.8) is 0 Å². The van der Waals surface area contributed by atoms with Gasteiger partial charge in [0.15, 0.2) is 0 Å². The van der Waals surface area contributed by atoms with Gasteiger partial charge in [0.2, 0.25) is 10.2 Å². The molecule has 0 spiro atoms. The summed E-state index contributed by atoms with van der Waals surface area (Å²) >= 11 is 5.75. The van der Waals surface area contributed by atoms with Gasteiger partial charge in [0.05, 0.1) is 5.69 Å². The summed E-state index contributed by atoms with van der Waals surface area (Å²) in [5.74, 6) is -0.0957. The van der Waals surface area contributed by atoms with Crippen LogP contribution in [0.2, 0.25) is 0 Å². The molecule has 3 heterocycles. The van der Waals surface area contributed by atoms with E-state index < -0.39 is 4.92 Å². The van der Waals surface area contributed by atoms with Gasteiger partial charge >= 0.3 is 5.82 Å². The van der Waals surface area contributed by atoms with Crippen molar-refractivity contribution in [2.45, 2.75) is 10.2 Å². The monoisotopic (exact) mass is 423 g/mol. The summed E-state index contributed by atoms with van der Waals surface area (Å²) in [5.41, 5.74) is 0.745. The topological polar surface area (TPSA) is 104 Å². The summed E-state index contributed by atoms with van der Waals surface area (Å²) in [7, 11) is 0. The Kier molecular flexibility index (Phi) is 3.78. The number of imidazole rings is 1. The Bertz CT molecular complexity index is 1040. The van der Waals surface area contributed by atoms with E-state index in [1.165, 1.54) is 20.4 Å². The second-order valence-electron chi connectivity index (χ2n) is 4.50. The van der Waals surface area contributed by atoms with E-state index in [0.717, 1.165) is 21.9 Å². The molecule has 0 saturated carbocycles. The number of tetrazole rings is 1. The third-order valence-electron chi connectivity index (χ3n) is 3.08. The summed E-state index contributed by atoms with van der Waals surface area (Å²) in [6.07, 6.45) is 1.62. The van der Waals surface area contributed by atoms with Crippen LogP contribution in [0.5, 0.6) is 0 Å². The summed E-state index contributed by atoms with van der Waals surface area (Å²) in [6, 6.07) is 7.40. The minimum Gasteiger partial charge on any atom is -0.358 e. The fourth-order valence-electron chi connectivity index (χ4n) is 2.06. The summed E-state index contributed by atoms with van der Waals surface area (Å²) in [4.78, 5) is 15.8. The van der Waals surface area contributed by atoms with Gasteiger partial charge in [-0.05, 0) is 51.4 Å². The number of nitro groups is 1. The molecule has 24 heavy (non-hydrogen) atoms. The van der Waals surface area contributed by atoms with E-state index >= 15 is 0 Å². The van der Waals surface area contributed by atoms with Crippen LogP contribution in [0.15, 0.2) is 50.5 Å². The lowest BCUT2D eigenvalue weighted by Gasteiger charge is -2.03. The van der Waals surface area contributed by atoms with E-state index in [1.54, 1.807) is 11.6 Å². The standard InChI is InChI=1S/C12H6BrN7O2S2/c13-7-1-3-8(4-2-7)19-12(15-16-17-19)24-9-10(20(21)22)18-5-6-23-11(18)14-9/h1-6H. The molecule has 0 saturated heterocycles. The van der Waals surface area contributed by atoms with E-state index in [4.69, 9.17) is 0 Å². The first-order valence-electron chi connectivity index (χ1n) is 6.45. The normalized spacial score (nSPS) is 11.2. The van der Waals surface area contributed by atoms with Gasteiger partial charge in [0.25, 0.3) is 4.96 Å². The van der Waals surface area contributed by atoms with Crippen molar-refractivity contribution in [3.8, 4) is 5.69 Å². The Morgan fingerprint density at radius 3 is 2.83 bits per heavy atom. The van der Waals surface area contributed by atoms with E-state index in [0.29, 0.717) is 10.1 Å². The third kappa shape index (κ3) is 2.57. The Hall–Kier alpha value is -2.31. The lowest BCUT2D eigenvalue weighted by Crippen LogP contribution is -1.99. The molecule has 120 valence electrons. The van der Waals surface area contributed by atoms with Gasteiger partial charge < -0.3 is 10.1 Å². The maximum Gasteiger partial charge on any atom is 0.363 e. The fraction of sp³-hybridized carbons (Fsp3) is 0. The highest BCUT2D eigenvalue weighted by Gasteiger charge is 2.26. The molecule has 4 aromatic rings. The second-order valence-corrected chi connectivity index (χ2v) is 7.25. The van der Waals surface area contributed by atoms with E-state index in [-0.39, 0.29) is 10.8 Å². The molecule has 0 aliphatic carbocycles. The van der Waals surface area contributed by atoms with E-state index in [9.17, 15) is 10.1 Å². The van der Waals surface area contributed by atoms with Gasteiger partial charge in [-0.2, -0.15) is 14.1 Å². The number of thiazole rings is 1. The van der Waals surface area contributed by atoms with Gasteiger partial charge in [-0.3, -0.25) is 0 Å². The molecule has 0 aliphatic rings. The first-order valence-corrected chi connectivity index (χ1v) is 8.94. The first kappa shape index (κ1) is 15.2. The number of fused-ring (bicyclic) bond motifs is 1. The highest BCUT2D eigenvalue weighted by atomic mass is 79.9. The molecule has 0 N–H and O–H groups in total. The Balaban J connectivity index is 1.76. The SMILES string of the molecule is O=[N+]([O-])c1c(Sc2nnnn2-c2ccc(Br)cc2)nc2sccn12. The van der Waals surface area contributed by atoms with Crippen LogP contribution in [0.4, 0.5) is 5.82 Å². The van der Waals surface area contributed by atoms with Crippen molar-refractivity contribution >= 4 is 49.8 Å². The second kappa shape index (κ2) is 5.96. The van der Waals surface area contributed by atoms with Crippen molar-refractivity contribution in [1.29, 1.82) is 0 Å². The number of nitrogens with zero attached hydrogens (tertiary/aromatic N) is 7. The molecule has 0 unspecified atom stereocenters. The molecule has 0 aliphatic heterocycles. The summed E-state index contributed by atoms with van der Waals surface area (Å²) < 4.78 is 3.88. The van der Waals surface area contributed by atoms with Gasteiger partial charge in [-0.15, -0.1) is 5.10 Å². The van der Waals surface area contributed by atoms with Crippen LogP contribution in [0.3, 0.4) is 0 Å². The van der Waals surface area contributed by atoms with Crippen molar-refractivity contribution in [3.05, 3.63) is 50.4 Å². The van der Waals surface area contributed by atoms with Crippen LogP contribution in [0.1, 0.15) is 0 Å². The lowest BCUT2D eigenvalue weighted by atomic mass is 10.3. The molecule has 0 bridgehead atoms. The zero-order valence-corrected chi connectivity index (χ0v) is 14.8. The highest BCUT2D eigenvalue weighted by molar-refractivity contribution is 9.10. The van der Waals surface area contributed by atoms with Crippen molar-refractivity contribution < 1.29 is 4.92 Å². The predicted octanol–water partition coefficient (Wildman–Crippen LogP) is 3.19. The minimum absolute atomic E-state index is 0.0957. The van der Waals surface area contributed by atoms with E-state index in [1.807, 2.05) is 24.3 Å². The number of aromatic nitrogens is 6. The number of halogens is 1. The smallest absolute Gasteiger partial charge is 0.358 e. The Labute approximate surface area is 150 Å². The highest BCUT2D eigenvalue weighted by Crippen LogP contribution is 2.35. The molecule has 9 nitrogen and oxygen atoms in total. The van der Waals surface area contributed by atoms with Crippen LogP contribution in [-0.2, 0) is 0 Å². The maximum absolute atomic E-state index is 11.4. The zero-order chi connectivity index (χ0) is 16.7. The summed E-state index contributed by atoms with van der Waals surface area (Å²) in [5, 5.41) is 25.3. The average Bonchev–Trinajstić information content (AvgIpc) is 3.23. The number of rotatable bonds is 4. The van der Waals surface area contributed by atoms with Crippen molar-refractivity contribution in [2.24, 2.45) is 0 Å². The van der Waals surface area contributed by atoms with Crippen LogP contribution < -0.4 is 0 Å². The Morgan fingerprint density at radius 1 is 1.29 bits per heavy atom. The molecule has 3 aromatic heterocycles. The van der Waals surface area contributed by atoms with Crippen molar-refractivity contribution in [1.82, 2.24) is 29.6 Å². The van der Waals surface area contributed by atoms with Gasteiger partial charge in [0, 0.05) is 9.85 Å². The molecule has 0 radical (unpaired) electrons. The molecule has 0 atom stereocenters. The van der Waals surface area contributed by atoms with E-state index in [2.05, 4.69) is 36.4 Å². The first-order chi connectivity index (χ1) is 11.6. The number of hydrogen-bond acceptors (Lipinski definition) is 8. The maximum atomic E-state index is 11.4. The number of benzene rings is 1. The molecular weight excluding hydrogens is 418 g/mol. The fourth-order valence-corrected chi connectivity index (χ4v) is 3.97. The molecule has 12 heteroatoms. The Morgan fingerprint density at radius 2 is 2.08 bits per heavy atom. The van der Waals surface area contributed by atoms with Crippen LogP contribution >= 0.6 is 39.0 Å². The quantitative estimate of drug-likeness (QED) is 0.366. The van der Waals surface area contributed by atoms with Crippen LogP contribution in [0, 0.1) is 10.1 Å². The number of hydrogen-bond donors (Lipinski definition) is 0. The van der Waals surface area contributed by atoms with Gasteiger partial charge in [-0.25, -0.2) is 0 Å². The van der Waals surface area contributed by atoms with Crippen LogP contribution in [-0.4, -0.2) is 34.5 Å². The molecule has 1 aromatic carbocycles.